The van der Waals surface area contributed by atoms with Crippen molar-refractivity contribution in [1.29, 1.82) is 0 Å². The number of benzene rings is 1. The van der Waals surface area contributed by atoms with Crippen molar-refractivity contribution in [2.24, 2.45) is 0 Å². The van der Waals surface area contributed by atoms with E-state index in [1.807, 2.05) is 6.26 Å². The molecule has 8 heteroatoms. The predicted octanol–water partition coefficient (Wildman–Crippen LogP) is 2.79. The second kappa shape index (κ2) is 5.74. The first-order valence-electron chi connectivity index (χ1n) is 5.61. The molecule has 0 aliphatic rings. The number of nitrogens with zero attached hydrogens (tertiary/aromatic N) is 3. The normalized spacial score (nSPS) is 10.3. The Morgan fingerprint density at radius 1 is 1.40 bits per heavy atom. The number of anilines is 1. The van der Waals surface area contributed by atoms with E-state index in [1.165, 1.54) is 23.9 Å². The summed E-state index contributed by atoms with van der Waals surface area (Å²) in [7, 11) is 0. The summed E-state index contributed by atoms with van der Waals surface area (Å²) in [6, 6.07) is 6.09. The molecule has 1 aromatic heterocycles. The first-order chi connectivity index (χ1) is 9.51. The van der Waals surface area contributed by atoms with E-state index in [1.54, 1.807) is 19.1 Å². The first-order valence-corrected chi connectivity index (χ1v) is 6.84. The third-order valence-electron chi connectivity index (χ3n) is 2.55. The molecule has 0 radical (unpaired) electrons. The number of rotatable bonds is 4. The van der Waals surface area contributed by atoms with Crippen molar-refractivity contribution >= 4 is 23.3 Å². The highest BCUT2D eigenvalue weighted by atomic mass is 32.2. The van der Waals surface area contributed by atoms with Crippen molar-refractivity contribution in [3.8, 4) is 11.6 Å². The fourth-order valence-corrected chi connectivity index (χ4v) is 1.97. The highest BCUT2D eigenvalue weighted by Gasteiger charge is 2.15. The largest absolute Gasteiger partial charge is 0.438 e. The van der Waals surface area contributed by atoms with Crippen molar-refractivity contribution in [3.05, 3.63) is 39.9 Å². The van der Waals surface area contributed by atoms with Crippen LogP contribution in [0.2, 0.25) is 0 Å². The molecule has 0 unspecified atom stereocenters. The lowest BCUT2D eigenvalue weighted by atomic mass is 10.2. The van der Waals surface area contributed by atoms with Gasteiger partial charge < -0.3 is 10.5 Å². The molecule has 0 saturated heterocycles. The third kappa shape index (κ3) is 2.97. The Balaban J connectivity index is 2.37. The Kier molecular flexibility index (Phi) is 4.04. The summed E-state index contributed by atoms with van der Waals surface area (Å²) in [5, 5.41) is 11.4. The van der Waals surface area contributed by atoms with Crippen LogP contribution in [-0.2, 0) is 0 Å². The Bertz CT molecular complexity index is 663. The second-order valence-electron chi connectivity index (χ2n) is 3.88. The molecule has 0 aliphatic carbocycles. The number of nitro groups is 1. The Morgan fingerprint density at radius 3 is 2.80 bits per heavy atom. The minimum Gasteiger partial charge on any atom is -0.438 e. The SMILES string of the molecule is CSc1nc(N)cc(Oc2cccc([N+](=O)[O-])c2C)n1. The summed E-state index contributed by atoms with van der Waals surface area (Å²) in [5.74, 6) is 0.900. The van der Waals surface area contributed by atoms with Crippen LogP contribution in [0.3, 0.4) is 0 Å². The van der Waals surface area contributed by atoms with Gasteiger partial charge in [-0.1, -0.05) is 17.8 Å². The van der Waals surface area contributed by atoms with Crippen molar-refractivity contribution in [1.82, 2.24) is 9.97 Å². The number of nitrogen functional groups attached to an aromatic ring is 1. The van der Waals surface area contributed by atoms with Gasteiger partial charge in [0.1, 0.15) is 11.6 Å². The zero-order chi connectivity index (χ0) is 14.7. The van der Waals surface area contributed by atoms with Crippen LogP contribution < -0.4 is 10.5 Å². The fourth-order valence-electron chi connectivity index (χ4n) is 1.59. The lowest BCUT2D eigenvalue weighted by Crippen LogP contribution is -1.99. The van der Waals surface area contributed by atoms with Crippen molar-refractivity contribution in [3.63, 3.8) is 0 Å². The van der Waals surface area contributed by atoms with Crippen LogP contribution in [0.1, 0.15) is 5.56 Å². The summed E-state index contributed by atoms with van der Waals surface area (Å²) >= 11 is 1.33. The predicted molar refractivity (Wildman–Crippen MR) is 76.1 cm³/mol. The summed E-state index contributed by atoms with van der Waals surface area (Å²) in [4.78, 5) is 18.6. The average Bonchev–Trinajstić information content (AvgIpc) is 2.40. The quantitative estimate of drug-likeness (QED) is 0.400. The van der Waals surface area contributed by atoms with E-state index in [0.717, 1.165) is 0 Å². The lowest BCUT2D eigenvalue weighted by Gasteiger charge is -2.09. The number of nitro benzene ring substituents is 1. The van der Waals surface area contributed by atoms with Gasteiger partial charge in [-0.05, 0) is 19.2 Å². The van der Waals surface area contributed by atoms with E-state index in [9.17, 15) is 10.1 Å². The topological polar surface area (TPSA) is 104 Å². The molecule has 0 bridgehead atoms. The van der Waals surface area contributed by atoms with Gasteiger partial charge in [-0.2, -0.15) is 4.98 Å². The van der Waals surface area contributed by atoms with Crippen LogP contribution in [0.4, 0.5) is 11.5 Å². The maximum atomic E-state index is 10.9. The molecule has 7 nitrogen and oxygen atoms in total. The number of nitrogens with two attached hydrogens (primary N) is 1. The highest BCUT2D eigenvalue weighted by Crippen LogP contribution is 2.31. The van der Waals surface area contributed by atoms with Crippen LogP contribution in [0.15, 0.2) is 29.4 Å². The van der Waals surface area contributed by atoms with E-state index >= 15 is 0 Å². The molecule has 0 fully saturated rings. The highest BCUT2D eigenvalue weighted by molar-refractivity contribution is 7.98. The fraction of sp³-hybridized carbons (Fsp3) is 0.167. The van der Waals surface area contributed by atoms with Crippen LogP contribution >= 0.6 is 11.8 Å². The second-order valence-corrected chi connectivity index (χ2v) is 4.65. The van der Waals surface area contributed by atoms with E-state index in [2.05, 4.69) is 9.97 Å². The molecule has 104 valence electrons. The van der Waals surface area contributed by atoms with Gasteiger partial charge in [0.25, 0.3) is 5.69 Å². The Morgan fingerprint density at radius 2 is 2.15 bits per heavy atom. The summed E-state index contributed by atoms with van der Waals surface area (Å²) < 4.78 is 5.57. The molecule has 2 rings (SSSR count). The number of hydrogen-bond donors (Lipinski definition) is 1. The third-order valence-corrected chi connectivity index (χ3v) is 3.10. The summed E-state index contributed by atoms with van der Waals surface area (Å²) in [5.41, 5.74) is 6.08. The standard InChI is InChI=1S/C12H12N4O3S/c1-7-8(16(17)18)4-3-5-9(7)19-11-6-10(13)14-12(15-11)20-2/h3-6H,1-2H3,(H2,13,14,15). The molecule has 0 spiro atoms. The Hall–Kier alpha value is -2.35. The van der Waals surface area contributed by atoms with Crippen molar-refractivity contribution < 1.29 is 9.66 Å². The van der Waals surface area contributed by atoms with E-state index in [0.29, 0.717) is 16.5 Å². The number of hydrogen-bond acceptors (Lipinski definition) is 7. The molecule has 0 atom stereocenters. The van der Waals surface area contributed by atoms with Gasteiger partial charge in [-0.3, -0.25) is 10.1 Å². The lowest BCUT2D eigenvalue weighted by molar-refractivity contribution is -0.385. The van der Waals surface area contributed by atoms with Crippen LogP contribution in [0.25, 0.3) is 0 Å². The van der Waals surface area contributed by atoms with Crippen LogP contribution in [0, 0.1) is 17.0 Å². The maximum absolute atomic E-state index is 10.9. The maximum Gasteiger partial charge on any atom is 0.276 e. The number of ether oxygens (including phenoxy) is 1. The zero-order valence-electron chi connectivity index (χ0n) is 10.9. The van der Waals surface area contributed by atoms with E-state index < -0.39 is 4.92 Å². The number of aromatic nitrogens is 2. The van der Waals surface area contributed by atoms with Crippen molar-refractivity contribution in [2.45, 2.75) is 12.1 Å². The van der Waals surface area contributed by atoms with Crippen molar-refractivity contribution in [2.75, 3.05) is 12.0 Å². The Labute approximate surface area is 119 Å². The molecule has 1 heterocycles. The van der Waals surface area contributed by atoms with Gasteiger partial charge in [-0.15, -0.1) is 0 Å². The van der Waals surface area contributed by atoms with E-state index in [-0.39, 0.29) is 17.4 Å². The molecule has 0 saturated carbocycles. The molecule has 2 aromatic rings. The number of thioether (sulfide) groups is 1. The average molecular weight is 292 g/mol. The minimum absolute atomic E-state index is 0.00498. The van der Waals surface area contributed by atoms with Gasteiger partial charge in [-0.25, -0.2) is 4.98 Å². The molecule has 0 aliphatic heterocycles. The minimum atomic E-state index is -0.455. The van der Waals surface area contributed by atoms with Gasteiger partial charge in [0.15, 0.2) is 5.16 Å². The molecule has 20 heavy (non-hydrogen) atoms. The van der Waals surface area contributed by atoms with Gasteiger partial charge in [0.05, 0.1) is 10.5 Å². The molecule has 0 amide bonds. The molecular formula is C12H12N4O3S. The zero-order valence-corrected chi connectivity index (χ0v) is 11.7. The first kappa shape index (κ1) is 14.1. The summed E-state index contributed by atoms with van der Waals surface area (Å²) in [6.07, 6.45) is 1.82. The van der Waals surface area contributed by atoms with E-state index in [4.69, 9.17) is 10.5 Å². The van der Waals surface area contributed by atoms with Gasteiger partial charge >= 0.3 is 0 Å². The molecule has 2 N–H and O–H groups in total. The molecule has 1 aromatic carbocycles. The van der Waals surface area contributed by atoms with Gasteiger partial charge in [0, 0.05) is 12.1 Å². The monoisotopic (exact) mass is 292 g/mol. The molecular weight excluding hydrogens is 280 g/mol. The smallest absolute Gasteiger partial charge is 0.276 e. The summed E-state index contributed by atoms with van der Waals surface area (Å²) in [6.45, 7) is 1.62. The van der Waals surface area contributed by atoms with Crippen LogP contribution in [-0.4, -0.2) is 21.1 Å². The van der Waals surface area contributed by atoms with Crippen LogP contribution in [0.5, 0.6) is 11.6 Å². The van der Waals surface area contributed by atoms with Gasteiger partial charge in [0.2, 0.25) is 5.88 Å².